The summed E-state index contributed by atoms with van der Waals surface area (Å²) in [7, 11) is -14.1. The molecule has 147 heavy (non-hydrogen) atoms. The lowest BCUT2D eigenvalue weighted by molar-refractivity contribution is -0.183. The second-order valence-electron chi connectivity index (χ2n) is 38.5. The van der Waals surface area contributed by atoms with Crippen LogP contribution in [-0.4, -0.2) is 212 Å². The largest absolute Gasteiger partial charge is 0.481 e. The Morgan fingerprint density at radius 3 is 0.592 bits per heavy atom. The highest BCUT2D eigenvalue weighted by Crippen LogP contribution is 2.54. The lowest BCUT2D eigenvalue weighted by Gasteiger charge is -2.48. The van der Waals surface area contributed by atoms with Gasteiger partial charge in [0, 0.05) is 64.3 Å². The average Bonchev–Trinajstić information content (AvgIpc) is 1.75. The van der Waals surface area contributed by atoms with Crippen molar-refractivity contribution >= 4 is 180 Å². The van der Waals surface area contributed by atoms with Gasteiger partial charge in [-0.3, -0.25) is 38.4 Å². The Balaban J connectivity index is 0.000000199. The molecular weight excluding hydrogens is 2140 g/mol. The summed E-state index contributed by atoms with van der Waals surface area (Å²) in [6.07, 6.45) is -3.96. The van der Waals surface area contributed by atoms with Crippen LogP contribution in [0.25, 0.3) is 0 Å². The minimum atomic E-state index is -3.53. The third kappa shape index (κ3) is 27.4. The molecule has 8 fully saturated rings. The van der Waals surface area contributed by atoms with Crippen molar-refractivity contribution in [1.29, 1.82) is 0 Å². The number of rotatable bonds is 28. The van der Waals surface area contributed by atoms with Crippen LogP contribution in [0.1, 0.15) is 273 Å². The summed E-state index contributed by atoms with van der Waals surface area (Å²) in [5.74, 6) is -6.81. The van der Waals surface area contributed by atoms with Gasteiger partial charge in [-0.15, -0.1) is 0 Å². The van der Waals surface area contributed by atoms with E-state index in [0.717, 1.165) is 0 Å². The molecular formula is C107H128Cl8N4O24S4. The van der Waals surface area contributed by atoms with Crippen molar-refractivity contribution in [3.05, 3.63) is 279 Å². The summed E-state index contributed by atoms with van der Waals surface area (Å²) in [5.41, 5.74) is 5.48. The molecule has 40 heteroatoms. The minimum Gasteiger partial charge on any atom is -0.481 e. The Morgan fingerprint density at radius 1 is 0.272 bits per heavy atom. The molecule has 0 aromatic heterocycles. The van der Waals surface area contributed by atoms with Gasteiger partial charge in [-0.2, -0.15) is 0 Å². The lowest BCUT2D eigenvalue weighted by Crippen LogP contribution is -2.58. The molecule has 8 aliphatic rings. The van der Waals surface area contributed by atoms with E-state index in [1.807, 2.05) is 24.3 Å². The number of hydrogen-bond donors (Lipinski definition) is 4. The monoisotopic (exact) mass is 2260 g/mol. The van der Waals surface area contributed by atoms with Gasteiger partial charge in [0.25, 0.3) is 23.6 Å². The van der Waals surface area contributed by atoms with E-state index in [4.69, 9.17) is 112 Å². The molecule has 800 valence electrons. The number of amides is 4. The molecule has 0 unspecified atom stereocenters. The van der Waals surface area contributed by atoms with E-state index < -0.39 is 252 Å². The molecule has 16 rings (SSSR count). The highest BCUT2D eigenvalue weighted by atomic mass is 35.5. The number of hydrogen-bond acceptors (Lipinski definition) is 20. The van der Waals surface area contributed by atoms with E-state index >= 15 is 0 Å². The van der Waals surface area contributed by atoms with Crippen LogP contribution in [0.2, 0.25) is 40.2 Å². The topological polar surface area (TPSA) is 404 Å². The first-order valence-corrected chi connectivity index (χ1v) is 57.2. The fraction of sp³-hybridized carbons (Fsp3) is 0.477. The number of benzene rings is 8. The number of aliphatic carboxylic acids is 4. The normalized spacial score (nSPS) is 26.4. The Kier molecular flexibility index (Phi) is 42.0. The van der Waals surface area contributed by atoms with Crippen molar-refractivity contribution in [2.45, 2.75) is 320 Å². The summed E-state index contributed by atoms with van der Waals surface area (Å²) >= 11 is 49.7. The SMILES string of the molecule is C.C.C.CC(C)S(=O)(=O)[C@@H]1CCC[C@H]1N1C(=O)[C@@H](CC(=O)O)O[C@H](c2cccc(Cl)c2)[C@H]1c1ccc(Cl)cc1.CC(C)S(=O)(=O)[C@@H]1CCC[C@H]1N1C(=O)[C@H](CC(=O)O)O[C@H](c2cccc(Cl)c2)[C@H]1c1ccc(Cl)cc1.CC(C)S(=O)(=O)[C@H]1CCC[C@@H]1N1C(=O)[C@@H](CC(=O)O)O[C@H](c2cccc(Cl)c2)[C@H]1c1ccc(Cl)cc1.CC(C)S(=O)(=O)[C@H]1CCC[C@@H]1N1C(=O)[C@H](CC(=O)O)O[C@H](c2cccc(Cl)c2)[C@H]1c1ccc(Cl)cc1. The van der Waals surface area contributed by atoms with Gasteiger partial charge in [0.1, 0.15) is 48.8 Å². The maximum absolute atomic E-state index is 13.9. The summed E-state index contributed by atoms with van der Waals surface area (Å²) in [6.45, 7) is 13.1. The molecule has 0 spiro atoms. The number of halogens is 8. The van der Waals surface area contributed by atoms with Crippen LogP contribution in [0, 0.1) is 0 Å². The third-order valence-electron chi connectivity index (χ3n) is 28.1. The van der Waals surface area contributed by atoms with Crippen molar-refractivity contribution < 1.29 is 111 Å². The highest BCUT2D eigenvalue weighted by molar-refractivity contribution is 7.93. The third-order valence-corrected chi connectivity index (χ3v) is 40.9. The van der Waals surface area contributed by atoms with Crippen LogP contribution in [0.4, 0.5) is 0 Å². The predicted octanol–water partition coefficient (Wildman–Crippen LogP) is 22.8. The van der Waals surface area contributed by atoms with E-state index in [-0.39, 0.29) is 22.3 Å². The number of nitrogens with zero attached hydrogens (tertiary/aromatic N) is 4. The zero-order valence-corrected chi connectivity index (χ0v) is 89.4. The summed E-state index contributed by atoms with van der Waals surface area (Å²) in [5, 5.41) is 36.6. The van der Waals surface area contributed by atoms with Crippen molar-refractivity contribution in [3.8, 4) is 0 Å². The number of ether oxygens (including phenoxy) is 4. The molecule has 28 nitrogen and oxygen atoms in total. The number of sulfone groups is 4. The maximum atomic E-state index is 13.9. The van der Waals surface area contributed by atoms with Gasteiger partial charge in [0.15, 0.2) is 39.3 Å². The van der Waals surface area contributed by atoms with Crippen molar-refractivity contribution in [3.63, 3.8) is 0 Å². The van der Waals surface area contributed by atoms with Gasteiger partial charge in [0.2, 0.25) is 0 Å². The first kappa shape index (κ1) is 120. The van der Waals surface area contributed by atoms with Crippen LogP contribution in [-0.2, 0) is 96.7 Å². The van der Waals surface area contributed by atoms with Gasteiger partial charge in [-0.25, -0.2) is 33.7 Å². The Labute approximate surface area is 901 Å². The predicted molar refractivity (Wildman–Crippen MR) is 572 cm³/mol. The molecule has 4 saturated heterocycles. The molecule has 20 atom stereocenters. The standard InChI is InChI=1S/4C26H29Cl2NO6S.3CH4/c4*1-15(2)36(33,34)22-8-4-7-20(22)29-24(16-9-11-18(27)12-10-16)25(17-5-3-6-19(28)13-17)35-21(26(29)32)14-23(30)31;;;/h4*3,5-6,9-13,15,20-22,24-25H,4,7-8,14H2,1-2H3,(H,30,31);3*1H4/t20-,21+,22-,24+,25+;20-,21+,22-,24-,25-;20-,21-,22-,24+,25+;20-,21-,22-,24-,25-;;;/m0101.../s1. The first-order chi connectivity index (χ1) is 68.0. The molecule has 4 aliphatic carbocycles. The molecule has 4 heterocycles. The molecule has 4 amide bonds. The van der Waals surface area contributed by atoms with Gasteiger partial charge in [-0.1, -0.05) is 212 Å². The molecule has 0 bridgehead atoms. The molecule has 4 N–H and O–H groups in total. The lowest BCUT2D eigenvalue weighted by atomic mass is 9.89. The minimum absolute atomic E-state index is 0. The van der Waals surface area contributed by atoms with Crippen molar-refractivity contribution in [2.75, 3.05) is 0 Å². The van der Waals surface area contributed by atoms with E-state index in [0.29, 0.717) is 162 Å². The molecule has 8 aromatic carbocycles. The quantitative estimate of drug-likeness (QED) is 0.0354. The van der Waals surface area contributed by atoms with E-state index in [2.05, 4.69) is 0 Å². The fourth-order valence-electron chi connectivity index (χ4n) is 21.3. The number of carboxylic acids is 4. The Hall–Kier alpha value is -8.52. The molecule has 8 aromatic rings. The summed E-state index contributed by atoms with van der Waals surface area (Å²) in [4.78, 5) is 108. The van der Waals surface area contributed by atoms with Gasteiger partial charge >= 0.3 is 23.9 Å². The van der Waals surface area contributed by atoms with Crippen LogP contribution in [0.3, 0.4) is 0 Å². The Bertz CT molecular complexity index is 5710. The summed E-state index contributed by atoms with van der Waals surface area (Å²) in [6, 6.07) is 50.6. The zero-order chi connectivity index (χ0) is 105. The first-order valence-electron chi connectivity index (χ1n) is 47.7. The smallest absolute Gasteiger partial charge is 0.306 e. The van der Waals surface area contributed by atoms with E-state index in [1.165, 1.54) is 0 Å². The van der Waals surface area contributed by atoms with Gasteiger partial charge < -0.3 is 59.0 Å². The number of carboxylic acid groups (broad SMARTS) is 4. The molecule has 0 radical (unpaired) electrons. The number of carbonyl (C=O) groups is 8. The van der Waals surface area contributed by atoms with Gasteiger partial charge in [0.05, 0.1) is 91.9 Å². The summed E-state index contributed by atoms with van der Waals surface area (Å²) < 4.78 is 131. The fourth-order valence-corrected chi connectivity index (χ4v) is 30.2. The van der Waals surface area contributed by atoms with E-state index in [9.17, 15) is 92.5 Å². The number of carbonyl (C=O) groups excluding carboxylic acids is 4. The second-order valence-corrected chi connectivity index (χ2v) is 52.9. The van der Waals surface area contributed by atoms with Crippen molar-refractivity contribution in [2.24, 2.45) is 0 Å². The number of morpholine rings is 4. The molecule has 4 aliphatic heterocycles. The van der Waals surface area contributed by atoms with Crippen LogP contribution in [0.15, 0.2) is 194 Å². The van der Waals surface area contributed by atoms with Crippen LogP contribution < -0.4 is 0 Å². The maximum Gasteiger partial charge on any atom is 0.306 e. The van der Waals surface area contributed by atoms with Crippen LogP contribution >= 0.6 is 92.8 Å². The van der Waals surface area contributed by atoms with E-state index in [1.54, 1.807) is 245 Å². The molecule has 4 saturated carbocycles. The second kappa shape index (κ2) is 51.3. The highest BCUT2D eigenvalue weighted by Gasteiger charge is 2.59. The van der Waals surface area contributed by atoms with Crippen molar-refractivity contribution in [1.82, 2.24) is 19.6 Å². The Morgan fingerprint density at radius 2 is 0.442 bits per heavy atom. The average molecular weight is 2270 g/mol. The van der Waals surface area contributed by atoms with Gasteiger partial charge in [-0.05, 0) is 274 Å². The zero-order valence-electron chi connectivity index (χ0n) is 80.0. The van der Waals surface area contributed by atoms with Crippen LogP contribution in [0.5, 0.6) is 0 Å².